The Balaban J connectivity index is 1.81. The summed E-state index contributed by atoms with van der Waals surface area (Å²) in [6.07, 6.45) is 2.52. The van der Waals surface area contributed by atoms with Crippen LogP contribution >= 0.6 is 11.6 Å². The van der Waals surface area contributed by atoms with Gasteiger partial charge in [-0.1, -0.05) is 36.7 Å². The summed E-state index contributed by atoms with van der Waals surface area (Å²) in [5, 5.41) is 15.2. The highest BCUT2D eigenvalue weighted by molar-refractivity contribution is 6.30. The lowest BCUT2D eigenvalue weighted by Crippen LogP contribution is -2.04. The Morgan fingerprint density at radius 1 is 1.04 bits per heavy atom. The molecule has 24 heavy (non-hydrogen) atoms. The Bertz CT molecular complexity index is 850. The van der Waals surface area contributed by atoms with Crippen molar-refractivity contribution in [1.29, 1.82) is 0 Å². The molecule has 6 heteroatoms. The van der Waals surface area contributed by atoms with E-state index in [1.165, 1.54) is 5.56 Å². The van der Waals surface area contributed by atoms with Gasteiger partial charge in [0, 0.05) is 16.4 Å². The van der Waals surface area contributed by atoms with Gasteiger partial charge in [0.05, 0.1) is 6.20 Å². The third kappa shape index (κ3) is 3.81. The van der Waals surface area contributed by atoms with Gasteiger partial charge in [0.15, 0.2) is 5.82 Å². The molecule has 0 spiro atoms. The number of nitrogens with one attached hydrogen (secondary N) is 2. The summed E-state index contributed by atoms with van der Waals surface area (Å²) in [4.78, 5) is 4.47. The molecule has 0 unspecified atom stereocenters. The number of hydrogen-bond donors (Lipinski definition) is 2. The first kappa shape index (κ1) is 16.2. The van der Waals surface area contributed by atoms with Crippen molar-refractivity contribution in [2.24, 2.45) is 0 Å². The maximum atomic E-state index is 5.99. The molecule has 5 nitrogen and oxygen atoms in total. The standard InChI is InChI=1S/C18H18ClN5/c1-3-13-6-4-5-7-16(13)22-18-23-17(11-20-24-18)21-15-9-8-14(19)10-12(15)2/h4-11H,3H2,1-2H3,(H2,21,22,23,24). The van der Waals surface area contributed by atoms with Gasteiger partial charge in [0.25, 0.3) is 0 Å². The van der Waals surface area contributed by atoms with Gasteiger partial charge in [-0.3, -0.25) is 0 Å². The van der Waals surface area contributed by atoms with Crippen LogP contribution in [0.3, 0.4) is 0 Å². The lowest BCUT2D eigenvalue weighted by atomic mass is 10.1. The molecule has 2 N–H and O–H groups in total. The zero-order valence-corrected chi connectivity index (χ0v) is 14.3. The van der Waals surface area contributed by atoms with E-state index in [0.717, 1.165) is 23.4 Å². The van der Waals surface area contributed by atoms with Crippen LogP contribution in [-0.2, 0) is 6.42 Å². The molecule has 0 aliphatic carbocycles. The molecule has 0 atom stereocenters. The molecule has 0 aliphatic heterocycles. The number of nitrogens with zero attached hydrogens (tertiary/aromatic N) is 3. The van der Waals surface area contributed by atoms with Crippen molar-refractivity contribution in [3.63, 3.8) is 0 Å². The van der Waals surface area contributed by atoms with Gasteiger partial charge in [-0.25, -0.2) is 0 Å². The second kappa shape index (κ2) is 7.27. The van der Waals surface area contributed by atoms with Gasteiger partial charge in [-0.2, -0.15) is 10.1 Å². The van der Waals surface area contributed by atoms with Crippen molar-refractivity contribution >= 4 is 34.7 Å². The molecule has 0 aliphatic rings. The largest absolute Gasteiger partial charge is 0.339 e. The molecule has 0 saturated heterocycles. The molecule has 0 saturated carbocycles. The summed E-state index contributed by atoms with van der Waals surface area (Å²) >= 11 is 5.99. The average molecular weight is 340 g/mol. The van der Waals surface area contributed by atoms with Crippen LogP contribution in [0.2, 0.25) is 5.02 Å². The molecule has 3 rings (SSSR count). The molecule has 0 fully saturated rings. The Morgan fingerprint density at radius 3 is 2.67 bits per heavy atom. The number of rotatable bonds is 5. The van der Waals surface area contributed by atoms with Gasteiger partial charge in [0.2, 0.25) is 5.95 Å². The van der Waals surface area contributed by atoms with E-state index in [1.54, 1.807) is 6.20 Å². The van der Waals surface area contributed by atoms with Gasteiger partial charge in [-0.05, 0) is 48.7 Å². The quantitative estimate of drug-likeness (QED) is 0.693. The maximum absolute atomic E-state index is 5.99. The van der Waals surface area contributed by atoms with Crippen LogP contribution in [0.4, 0.5) is 23.1 Å². The molecule has 2 aromatic carbocycles. The van der Waals surface area contributed by atoms with E-state index < -0.39 is 0 Å². The molecule has 1 aromatic heterocycles. The molecule has 1 heterocycles. The third-order valence-electron chi connectivity index (χ3n) is 3.65. The van der Waals surface area contributed by atoms with E-state index in [9.17, 15) is 0 Å². The fourth-order valence-electron chi connectivity index (χ4n) is 2.39. The van der Waals surface area contributed by atoms with E-state index >= 15 is 0 Å². The van der Waals surface area contributed by atoms with E-state index in [4.69, 9.17) is 11.6 Å². The molecule has 0 bridgehead atoms. The van der Waals surface area contributed by atoms with Gasteiger partial charge < -0.3 is 10.6 Å². The number of halogens is 1. The predicted octanol–water partition coefficient (Wildman–Crippen LogP) is 4.88. The normalized spacial score (nSPS) is 10.5. The number of para-hydroxylation sites is 1. The SMILES string of the molecule is CCc1ccccc1Nc1nncc(Nc2ccc(Cl)cc2C)n1. The number of hydrogen-bond acceptors (Lipinski definition) is 5. The first-order valence-corrected chi connectivity index (χ1v) is 8.11. The summed E-state index contributed by atoms with van der Waals surface area (Å²) in [6, 6.07) is 13.7. The van der Waals surface area contributed by atoms with E-state index in [-0.39, 0.29) is 0 Å². The minimum atomic E-state index is 0.451. The Hall–Kier alpha value is -2.66. The summed E-state index contributed by atoms with van der Waals surface area (Å²) < 4.78 is 0. The number of benzene rings is 2. The van der Waals surface area contributed by atoms with Gasteiger partial charge in [-0.15, -0.1) is 5.10 Å². The van der Waals surface area contributed by atoms with Crippen molar-refractivity contribution in [3.05, 3.63) is 64.8 Å². The highest BCUT2D eigenvalue weighted by Crippen LogP contribution is 2.23. The van der Waals surface area contributed by atoms with Crippen molar-refractivity contribution in [3.8, 4) is 0 Å². The van der Waals surface area contributed by atoms with Crippen LogP contribution in [0.15, 0.2) is 48.7 Å². The molecular formula is C18H18ClN5. The van der Waals surface area contributed by atoms with Crippen molar-refractivity contribution < 1.29 is 0 Å². The fourth-order valence-corrected chi connectivity index (χ4v) is 2.62. The zero-order valence-electron chi connectivity index (χ0n) is 13.5. The number of anilines is 4. The van der Waals surface area contributed by atoms with Gasteiger partial charge >= 0.3 is 0 Å². The Kier molecular flexibility index (Phi) is 4.91. The Labute approximate surface area is 146 Å². The van der Waals surface area contributed by atoms with Crippen LogP contribution in [0.25, 0.3) is 0 Å². The number of aromatic nitrogens is 3. The predicted molar refractivity (Wildman–Crippen MR) is 98.4 cm³/mol. The second-order valence-electron chi connectivity index (χ2n) is 5.39. The monoisotopic (exact) mass is 339 g/mol. The molecule has 0 amide bonds. The first-order valence-electron chi connectivity index (χ1n) is 7.73. The van der Waals surface area contributed by atoms with Gasteiger partial charge in [0.1, 0.15) is 0 Å². The van der Waals surface area contributed by atoms with Crippen molar-refractivity contribution in [2.45, 2.75) is 20.3 Å². The second-order valence-corrected chi connectivity index (χ2v) is 5.82. The third-order valence-corrected chi connectivity index (χ3v) is 3.89. The highest BCUT2D eigenvalue weighted by atomic mass is 35.5. The highest BCUT2D eigenvalue weighted by Gasteiger charge is 2.06. The minimum absolute atomic E-state index is 0.451. The minimum Gasteiger partial charge on any atom is -0.339 e. The fraction of sp³-hybridized carbons (Fsp3) is 0.167. The van der Waals surface area contributed by atoms with Crippen molar-refractivity contribution in [2.75, 3.05) is 10.6 Å². The molecular weight excluding hydrogens is 322 g/mol. The maximum Gasteiger partial charge on any atom is 0.249 e. The lowest BCUT2D eigenvalue weighted by Gasteiger charge is -2.11. The van der Waals surface area contributed by atoms with Crippen LogP contribution in [-0.4, -0.2) is 15.2 Å². The van der Waals surface area contributed by atoms with Crippen molar-refractivity contribution in [1.82, 2.24) is 15.2 Å². The summed E-state index contributed by atoms with van der Waals surface area (Å²) in [5.41, 5.74) is 4.15. The summed E-state index contributed by atoms with van der Waals surface area (Å²) in [7, 11) is 0. The van der Waals surface area contributed by atoms with Crippen LogP contribution in [0, 0.1) is 6.92 Å². The Morgan fingerprint density at radius 2 is 1.88 bits per heavy atom. The van der Waals surface area contributed by atoms with Crippen LogP contribution in [0.5, 0.6) is 0 Å². The van der Waals surface area contributed by atoms with E-state index in [0.29, 0.717) is 16.8 Å². The molecule has 122 valence electrons. The van der Waals surface area contributed by atoms with Crippen LogP contribution < -0.4 is 10.6 Å². The van der Waals surface area contributed by atoms with E-state index in [2.05, 4.69) is 38.8 Å². The van der Waals surface area contributed by atoms with E-state index in [1.807, 2.05) is 43.3 Å². The molecule has 3 aromatic rings. The number of aryl methyl sites for hydroxylation is 2. The smallest absolute Gasteiger partial charge is 0.249 e. The van der Waals surface area contributed by atoms with Crippen LogP contribution in [0.1, 0.15) is 18.1 Å². The topological polar surface area (TPSA) is 62.7 Å². The summed E-state index contributed by atoms with van der Waals surface area (Å²) in [5.74, 6) is 1.07. The zero-order chi connectivity index (χ0) is 16.9. The summed E-state index contributed by atoms with van der Waals surface area (Å²) in [6.45, 7) is 4.10. The molecule has 0 radical (unpaired) electrons. The first-order chi connectivity index (χ1) is 11.7. The lowest BCUT2D eigenvalue weighted by molar-refractivity contribution is 0.980. The average Bonchev–Trinajstić information content (AvgIpc) is 2.58.